The first-order valence-corrected chi connectivity index (χ1v) is 4.34. The summed E-state index contributed by atoms with van der Waals surface area (Å²) in [6.45, 7) is 1.72. The van der Waals surface area contributed by atoms with Crippen LogP contribution in [-0.2, 0) is 0 Å². The molecule has 1 unspecified atom stereocenters. The summed E-state index contributed by atoms with van der Waals surface area (Å²) in [5.41, 5.74) is 5.46. The third kappa shape index (κ3) is 2.92. The van der Waals surface area contributed by atoms with E-state index in [1.165, 1.54) is 0 Å². The average Bonchev–Trinajstić information content (AvgIpc) is 2.02. The van der Waals surface area contributed by atoms with Crippen molar-refractivity contribution >= 4 is 21.7 Å². The maximum absolute atomic E-state index is 5.46. The van der Waals surface area contributed by atoms with Crippen molar-refractivity contribution in [2.75, 3.05) is 5.73 Å². The number of terminal acetylenes is 1. The quantitative estimate of drug-likeness (QED) is 0.625. The molecule has 0 saturated carbocycles. The first-order chi connectivity index (χ1) is 6.11. The molecule has 1 heterocycles. The normalized spacial score (nSPS) is 11.8. The molecule has 0 bridgehead atoms. The van der Waals surface area contributed by atoms with E-state index < -0.39 is 0 Å². The van der Waals surface area contributed by atoms with Crippen LogP contribution in [0, 0.1) is 12.3 Å². The topological polar surface area (TPSA) is 61.0 Å². The second-order valence-corrected chi connectivity index (χ2v) is 3.14. The van der Waals surface area contributed by atoms with E-state index in [0.29, 0.717) is 10.4 Å². The van der Waals surface area contributed by atoms with E-state index in [2.05, 4.69) is 31.8 Å². The molecule has 68 valence electrons. The number of rotatable bonds is 2. The molecular formula is C8H8BrN3O. The van der Waals surface area contributed by atoms with Crippen LogP contribution in [0.15, 0.2) is 10.7 Å². The maximum Gasteiger partial charge on any atom is 0.320 e. The Kier molecular flexibility index (Phi) is 3.09. The van der Waals surface area contributed by atoms with Gasteiger partial charge in [0, 0.05) is 6.07 Å². The Morgan fingerprint density at radius 2 is 2.38 bits per heavy atom. The Labute approximate surface area is 84.7 Å². The molecule has 0 amide bonds. The number of hydrogen-bond acceptors (Lipinski definition) is 4. The molecule has 5 heteroatoms. The van der Waals surface area contributed by atoms with Gasteiger partial charge >= 0.3 is 6.01 Å². The number of hydrogen-bond donors (Lipinski definition) is 1. The van der Waals surface area contributed by atoms with Gasteiger partial charge in [0.1, 0.15) is 10.4 Å². The lowest BCUT2D eigenvalue weighted by molar-refractivity contribution is 0.256. The molecule has 1 aromatic heterocycles. The maximum atomic E-state index is 5.46. The average molecular weight is 242 g/mol. The van der Waals surface area contributed by atoms with Crippen molar-refractivity contribution in [1.82, 2.24) is 9.97 Å². The van der Waals surface area contributed by atoms with Crippen molar-refractivity contribution in [2.45, 2.75) is 13.0 Å². The minimum Gasteiger partial charge on any atom is -0.447 e. The van der Waals surface area contributed by atoms with Crippen LogP contribution in [-0.4, -0.2) is 16.1 Å². The molecule has 0 aliphatic carbocycles. The smallest absolute Gasteiger partial charge is 0.320 e. The highest BCUT2D eigenvalue weighted by Crippen LogP contribution is 2.14. The number of nitrogens with zero attached hydrogens (tertiary/aromatic N) is 2. The van der Waals surface area contributed by atoms with Crippen molar-refractivity contribution < 1.29 is 4.74 Å². The molecule has 1 rings (SSSR count). The van der Waals surface area contributed by atoms with Crippen LogP contribution >= 0.6 is 15.9 Å². The Morgan fingerprint density at radius 3 is 2.92 bits per heavy atom. The van der Waals surface area contributed by atoms with E-state index in [9.17, 15) is 0 Å². The molecule has 0 fully saturated rings. The van der Waals surface area contributed by atoms with Crippen LogP contribution in [0.3, 0.4) is 0 Å². The fourth-order valence-electron chi connectivity index (χ4n) is 0.658. The number of ether oxygens (including phenoxy) is 1. The van der Waals surface area contributed by atoms with Gasteiger partial charge in [0.25, 0.3) is 0 Å². The number of anilines is 1. The first kappa shape index (κ1) is 9.81. The van der Waals surface area contributed by atoms with Crippen molar-refractivity contribution in [2.24, 2.45) is 0 Å². The van der Waals surface area contributed by atoms with Crippen LogP contribution in [0.2, 0.25) is 0 Å². The Hall–Kier alpha value is -1.28. The molecule has 0 aliphatic rings. The lowest BCUT2D eigenvalue weighted by Crippen LogP contribution is -2.11. The highest BCUT2D eigenvalue weighted by atomic mass is 79.9. The summed E-state index contributed by atoms with van der Waals surface area (Å²) in [6.07, 6.45) is 4.76. The molecule has 2 N–H and O–H groups in total. The van der Waals surface area contributed by atoms with Crippen molar-refractivity contribution in [3.05, 3.63) is 10.7 Å². The highest BCUT2D eigenvalue weighted by Gasteiger charge is 2.04. The van der Waals surface area contributed by atoms with Gasteiger partial charge in [-0.2, -0.15) is 9.97 Å². The van der Waals surface area contributed by atoms with E-state index in [0.717, 1.165) is 0 Å². The Bertz CT molecular complexity index is 327. The standard InChI is InChI=1S/C8H8BrN3O/c1-3-5(2)13-8-11-6(9)4-7(10)12-8/h1,4-5H,2H3,(H2,10,11,12). The number of halogens is 1. The molecule has 13 heavy (non-hydrogen) atoms. The summed E-state index contributed by atoms with van der Waals surface area (Å²) in [6, 6.07) is 1.75. The highest BCUT2D eigenvalue weighted by molar-refractivity contribution is 9.10. The lowest BCUT2D eigenvalue weighted by Gasteiger charge is -2.06. The third-order valence-corrected chi connectivity index (χ3v) is 1.62. The zero-order valence-corrected chi connectivity index (χ0v) is 8.58. The zero-order valence-electron chi connectivity index (χ0n) is 6.99. The molecule has 1 atom stereocenters. The summed E-state index contributed by atoms with van der Waals surface area (Å²) in [5.74, 6) is 2.73. The second-order valence-electron chi connectivity index (χ2n) is 2.32. The van der Waals surface area contributed by atoms with Gasteiger partial charge in [0.2, 0.25) is 0 Å². The zero-order chi connectivity index (χ0) is 9.84. The van der Waals surface area contributed by atoms with Gasteiger partial charge in [0.05, 0.1) is 0 Å². The number of nitrogens with two attached hydrogens (primary N) is 1. The fraction of sp³-hybridized carbons (Fsp3) is 0.250. The predicted molar refractivity (Wildman–Crippen MR) is 53.1 cm³/mol. The van der Waals surface area contributed by atoms with E-state index in [4.69, 9.17) is 16.9 Å². The van der Waals surface area contributed by atoms with Crippen molar-refractivity contribution in [3.63, 3.8) is 0 Å². The summed E-state index contributed by atoms with van der Waals surface area (Å²) in [4.78, 5) is 7.77. The molecule has 4 nitrogen and oxygen atoms in total. The SMILES string of the molecule is C#CC(C)Oc1nc(N)cc(Br)n1. The third-order valence-electron chi connectivity index (χ3n) is 1.21. The Morgan fingerprint density at radius 1 is 1.69 bits per heavy atom. The van der Waals surface area contributed by atoms with Gasteiger partial charge in [0.15, 0.2) is 6.10 Å². The molecule has 0 radical (unpaired) electrons. The van der Waals surface area contributed by atoms with Crippen LogP contribution < -0.4 is 10.5 Å². The van der Waals surface area contributed by atoms with E-state index in [1.807, 2.05) is 0 Å². The molecular weight excluding hydrogens is 234 g/mol. The summed E-state index contributed by atoms with van der Waals surface area (Å²) < 4.78 is 5.73. The van der Waals surface area contributed by atoms with Crippen LogP contribution in [0.5, 0.6) is 6.01 Å². The molecule has 0 spiro atoms. The molecule has 0 aromatic carbocycles. The van der Waals surface area contributed by atoms with Gasteiger partial charge in [-0.05, 0) is 22.9 Å². The van der Waals surface area contributed by atoms with E-state index in [1.54, 1.807) is 13.0 Å². The van der Waals surface area contributed by atoms with Gasteiger partial charge in [-0.15, -0.1) is 6.42 Å². The van der Waals surface area contributed by atoms with E-state index in [-0.39, 0.29) is 12.1 Å². The minimum atomic E-state index is -0.367. The van der Waals surface area contributed by atoms with Crippen molar-refractivity contribution in [1.29, 1.82) is 0 Å². The van der Waals surface area contributed by atoms with Gasteiger partial charge in [-0.25, -0.2) is 0 Å². The largest absolute Gasteiger partial charge is 0.447 e. The molecule has 1 aromatic rings. The number of nitrogen functional groups attached to an aromatic ring is 1. The van der Waals surface area contributed by atoms with E-state index >= 15 is 0 Å². The number of aromatic nitrogens is 2. The van der Waals surface area contributed by atoms with Gasteiger partial charge in [-0.3, -0.25) is 0 Å². The van der Waals surface area contributed by atoms with Gasteiger partial charge < -0.3 is 10.5 Å². The summed E-state index contributed by atoms with van der Waals surface area (Å²) in [7, 11) is 0. The summed E-state index contributed by atoms with van der Waals surface area (Å²) >= 11 is 3.16. The van der Waals surface area contributed by atoms with Gasteiger partial charge in [-0.1, -0.05) is 5.92 Å². The fourth-order valence-corrected chi connectivity index (χ4v) is 1.04. The first-order valence-electron chi connectivity index (χ1n) is 3.54. The minimum absolute atomic E-state index is 0.178. The molecule has 0 aliphatic heterocycles. The lowest BCUT2D eigenvalue weighted by atomic mass is 10.4. The van der Waals surface area contributed by atoms with Crippen LogP contribution in [0.25, 0.3) is 0 Å². The second kappa shape index (κ2) is 4.10. The Balaban J connectivity index is 2.84. The summed E-state index contributed by atoms with van der Waals surface area (Å²) in [5, 5.41) is 0. The van der Waals surface area contributed by atoms with Crippen LogP contribution in [0.4, 0.5) is 5.82 Å². The predicted octanol–water partition coefficient (Wildman–Crippen LogP) is 1.22. The monoisotopic (exact) mass is 241 g/mol. The van der Waals surface area contributed by atoms with Crippen LogP contribution in [0.1, 0.15) is 6.92 Å². The molecule has 0 saturated heterocycles. The van der Waals surface area contributed by atoms with Crippen molar-refractivity contribution in [3.8, 4) is 18.4 Å².